The lowest BCUT2D eigenvalue weighted by Crippen LogP contribution is -2.67. The summed E-state index contributed by atoms with van der Waals surface area (Å²) in [6.07, 6.45) is -7.92. The molecular weight excluding hydrogens is 306 g/mol. The van der Waals surface area contributed by atoms with E-state index in [2.05, 4.69) is 5.32 Å². The van der Waals surface area contributed by atoms with Gasteiger partial charge in [0.25, 0.3) is 5.79 Å². The number of hydrogen-bond donors (Lipinski definition) is 8. The van der Waals surface area contributed by atoms with Gasteiger partial charge in [-0.1, -0.05) is 0 Å². The quantitative estimate of drug-likeness (QED) is 0.234. The molecule has 0 bridgehead atoms. The highest BCUT2D eigenvalue weighted by Crippen LogP contribution is 2.30. The molecule has 2 unspecified atom stereocenters. The van der Waals surface area contributed by atoms with Gasteiger partial charge in [-0.15, -0.1) is 0 Å². The number of nitrogens with one attached hydrogen (secondary N) is 1. The minimum Gasteiger partial charge on any atom is -0.477 e. The Balaban J connectivity index is 3.07. The lowest BCUT2D eigenvalue weighted by atomic mass is 9.88. The lowest BCUT2D eigenvalue weighted by molar-refractivity contribution is -0.295. The van der Waals surface area contributed by atoms with Crippen LogP contribution in [0.3, 0.4) is 0 Å². The Bertz CT molecular complexity index is 418. The van der Waals surface area contributed by atoms with Crippen molar-refractivity contribution in [3.05, 3.63) is 0 Å². The maximum Gasteiger partial charge on any atom is 0.364 e. The molecule has 0 aromatic carbocycles. The van der Waals surface area contributed by atoms with Gasteiger partial charge in [0.15, 0.2) is 0 Å². The van der Waals surface area contributed by atoms with Crippen LogP contribution in [0.25, 0.3) is 0 Å². The van der Waals surface area contributed by atoms with Crippen LogP contribution in [0, 0.1) is 0 Å². The number of ether oxygens (including phenoxy) is 1. The fourth-order valence-electron chi connectivity index (χ4n) is 2.13. The van der Waals surface area contributed by atoms with Crippen LogP contribution in [-0.2, 0) is 14.3 Å². The van der Waals surface area contributed by atoms with Gasteiger partial charge in [0.1, 0.15) is 24.9 Å². The van der Waals surface area contributed by atoms with E-state index in [0.29, 0.717) is 0 Å². The van der Waals surface area contributed by atoms with Crippen LogP contribution >= 0.6 is 0 Å². The molecule has 11 nitrogen and oxygen atoms in total. The van der Waals surface area contributed by atoms with Gasteiger partial charge < -0.3 is 45.8 Å². The summed E-state index contributed by atoms with van der Waals surface area (Å²) in [6.45, 7) is -1.86. The zero-order valence-electron chi connectivity index (χ0n) is 11.4. The first-order valence-electron chi connectivity index (χ1n) is 6.35. The summed E-state index contributed by atoms with van der Waals surface area (Å²) < 4.78 is 4.83. The van der Waals surface area contributed by atoms with Gasteiger partial charge in [-0.2, -0.15) is 0 Å². The Kier molecular flexibility index (Phi) is 6.19. The zero-order chi connectivity index (χ0) is 17.1. The van der Waals surface area contributed by atoms with E-state index < -0.39 is 67.8 Å². The highest BCUT2D eigenvalue weighted by molar-refractivity contribution is 5.78. The van der Waals surface area contributed by atoms with Crippen molar-refractivity contribution < 1.29 is 50.1 Å². The number of aliphatic hydroxyl groups is 6. The monoisotopic (exact) mass is 325 g/mol. The van der Waals surface area contributed by atoms with Crippen molar-refractivity contribution in [1.29, 1.82) is 0 Å². The summed E-state index contributed by atoms with van der Waals surface area (Å²) in [6, 6.07) is -1.42. The van der Waals surface area contributed by atoms with Crippen molar-refractivity contribution >= 4 is 11.9 Å². The molecule has 11 heteroatoms. The van der Waals surface area contributed by atoms with Crippen LogP contribution in [0.4, 0.5) is 0 Å². The molecule has 1 aliphatic heterocycles. The largest absolute Gasteiger partial charge is 0.477 e. The molecule has 0 aromatic heterocycles. The first-order chi connectivity index (χ1) is 10.2. The molecule has 1 aliphatic rings. The predicted octanol–water partition coefficient (Wildman–Crippen LogP) is -4.90. The minimum absolute atomic E-state index is 0.822. The average Bonchev–Trinajstić information content (AvgIpc) is 2.47. The second-order valence-electron chi connectivity index (χ2n) is 4.94. The minimum atomic E-state index is -2.85. The van der Waals surface area contributed by atoms with Crippen LogP contribution in [-0.4, -0.2) is 97.1 Å². The second kappa shape index (κ2) is 7.28. The number of hydrogen-bond acceptors (Lipinski definition) is 9. The third-order valence-electron chi connectivity index (χ3n) is 3.31. The number of carboxylic acid groups (broad SMARTS) is 1. The van der Waals surface area contributed by atoms with E-state index in [-0.39, 0.29) is 0 Å². The summed E-state index contributed by atoms with van der Waals surface area (Å²) in [4.78, 5) is 22.2. The average molecular weight is 325 g/mol. The number of carbonyl (C=O) groups excluding carboxylic acids is 1. The fraction of sp³-hybridized carbons (Fsp3) is 0.818. The predicted molar refractivity (Wildman–Crippen MR) is 66.2 cm³/mol. The first kappa shape index (κ1) is 18.7. The highest BCUT2D eigenvalue weighted by Gasteiger charge is 2.53. The van der Waals surface area contributed by atoms with Crippen molar-refractivity contribution in [3.63, 3.8) is 0 Å². The van der Waals surface area contributed by atoms with Gasteiger partial charge >= 0.3 is 5.97 Å². The van der Waals surface area contributed by atoms with E-state index in [0.717, 1.165) is 0 Å². The van der Waals surface area contributed by atoms with Crippen molar-refractivity contribution in [2.75, 3.05) is 13.2 Å². The summed E-state index contributed by atoms with van der Waals surface area (Å²) in [7, 11) is 0. The van der Waals surface area contributed by atoms with Crippen LogP contribution in [0.1, 0.15) is 6.42 Å². The molecule has 1 saturated heterocycles. The Morgan fingerprint density at radius 1 is 1.32 bits per heavy atom. The Morgan fingerprint density at radius 3 is 2.36 bits per heavy atom. The summed E-state index contributed by atoms with van der Waals surface area (Å²) in [5, 5.41) is 67.5. The zero-order valence-corrected chi connectivity index (χ0v) is 11.4. The van der Waals surface area contributed by atoms with E-state index in [4.69, 9.17) is 20.1 Å². The van der Waals surface area contributed by atoms with E-state index in [1.54, 1.807) is 0 Å². The molecule has 8 N–H and O–H groups in total. The summed E-state index contributed by atoms with van der Waals surface area (Å²) in [5.74, 6) is -5.64. The van der Waals surface area contributed by atoms with Crippen LogP contribution in [0.2, 0.25) is 0 Å². The molecule has 0 aromatic rings. The molecule has 6 atom stereocenters. The molecule has 1 fully saturated rings. The molecule has 0 saturated carbocycles. The third-order valence-corrected chi connectivity index (χ3v) is 3.31. The molecular formula is C11H19NO10. The van der Waals surface area contributed by atoms with E-state index in [9.17, 15) is 30.0 Å². The van der Waals surface area contributed by atoms with Gasteiger partial charge in [-0.25, -0.2) is 4.79 Å². The number of aliphatic carboxylic acids is 1. The normalized spacial score (nSPS) is 34.7. The number of rotatable bonds is 6. The Labute approximate surface area is 124 Å². The first-order valence-corrected chi connectivity index (χ1v) is 6.35. The van der Waals surface area contributed by atoms with Gasteiger partial charge in [0.05, 0.1) is 18.8 Å². The van der Waals surface area contributed by atoms with Crippen LogP contribution < -0.4 is 5.32 Å². The molecule has 1 amide bonds. The number of aliphatic hydroxyl groups excluding tert-OH is 5. The van der Waals surface area contributed by atoms with Crippen molar-refractivity contribution in [3.8, 4) is 0 Å². The molecule has 1 heterocycles. The van der Waals surface area contributed by atoms with Gasteiger partial charge in [-0.05, 0) is 0 Å². The van der Waals surface area contributed by atoms with E-state index in [1.165, 1.54) is 0 Å². The molecule has 1 rings (SSSR count). The molecule has 0 radical (unpaired) electrons. The van der Waals surface area contributed by atoms with Gasteiger partial charge in [0, 0.05) is 6.42 Å². The van der Waals surface area contributed by atoms with Crippen molar-refractivity contribution in [2.45, 2.75) is 42.7 Å². The smallest absolute Gasteiger partial charge is 0.364 e. The summed E-state index contributed by atoms with van der Waals surface area (Å²) >= 11 is 0. The topological polar surface area (TPSA) is 197 Å². The number of carboxylic acids is 1. The van der Waals surface area contributed by atoms with Crippen LogP contribution in [0.5, 0.6) is 0 Å². The number of carbonyl (C=O) groups is 2. The van der Waals surface area contributed by atoms with E-state index >= 15 is 0 Å². The van der Waals surface area contributed by atoms with Gasteiger partial charge in [0.2, 0.25) is 5.91 Å². The summed E-state index contributed by atoms with van der Waals surface area (Å²) in [5.41, 5.74) is 0. The maximum absolute atomic E-state index is 11.2. The van der Waals surface area contributed by atoms with Gasteiger partial charge in [-0.3, -0.25) is 4.79 Å². The Morgan fingerprint density at radius 2 is 1.91 bits per heavy atom. The third kappa shape index (κ3) is 3.89. The molecule has 0 spiro atoms. The van der Waals surface area contributed by atoms with Crippen molar-refractivity contribution in [1.82, 2.24) is 5.32 Å². The molecule has 0 aliphatic carbocycles. The second-order valence-corrected chi connectivity index (χ2v) is 4.94. The fourth-order valence-corrected chi connectivity index (χ4v) is 2.13. The lowest BCUT2D eigenvalue weighted by Gasteiger charge is -2.44. The SMILES string of the molecule is O=C(CO)N[C@@H]1[C@@H](O)C[C@](O)(C(=O)O)O[C@H]1C(O)C(O)CO. The number of amides is 1. The Hall–Kier alpha value is -1.34. The maximum atomic E-state index is 11.2. The van der Waals surface area contributed by atoms with Crippen molar-refractivity contribution in [2.24, 2.45) is 0 Å². The standard InChI is InChI=1S/C11H19NO10/c13-2-5(16)8(18)9-7(12-6(17)3-14)4(15)1-11(21,22-9)10(19)20/h4-5,7-9,13-16,18,21H,1-3H2,(H,12,17)(H,19,20)/t4-,5?,7+,8?,9+,11+/m0/s1. The molecule has 22 heavy (non-hydrogen) atoms. The van der Waals surface area contributed by atoms with Crippen LogP contribution in [0.15, 0.2) is 0 Å². The highest BCUT2D eigenvalue weighted by atomic mass is 16.7. The molecule has 128 valence electrons. The van der Waals surface area contributed by atoms with E-state index in [1.807, 2.05) is 0 Å².